The molecular weight excluding hydrogens is 240 g/mol. The first-order chi connectivity index (χ1) is 6.52. The molecule has 1 aromatic carbocycles. The molecular formula is C12H15BrO. The molecule has 2 heteroatoms. The average Bonchev–Trinajstić information content (AvgIpc) is 2.16. The molecule has 0 heterocycles. The second-order valence-electron chi connectivity index (χ2n) is 3.83. The Kier molecular flexibility index (Phi) is 3.87. The van der Waals surface area contributed by atoms with E-state index in [2.05, 4.69) is 15.9 Å². The van der Waals surface area contributed by atoms with E-state index in [1.165, 1.54) is 0 Å². The summed E-state index contributed by atoms with van der Waals surface area (Å²) in [6.45, 7) is 5.85. The number of ketones is 1. The van der Waals surface area contributed by atoms with Gasteiger partial charge in [-0.1, -0.05) is 48.8 Å². The van der Waals surface area contributed by atoms with E-state index in [0.29, 0.717) is 5.78 Å². The molecule has 1 unspecified atom stereocenters. The van der Waals surface area contributed by atoms with E-state index in [4.69, 9.17) is 0 Å². The zero-order chi connectivity index (χ0) is 10.7. The number of carbonyl (C=O) groups excluding carboxylic acids is 1. The highest BCUT2D eigenvalue weighted by molar-refractivity contribution is 9.10. The maximum Gasteiger partial charge on any atom is 0.142 e. The molecule has 0 N–H and O–H groups in total. The average molecular weight is 255 g/mol. The third-order valence-corrected chi connectivity index (χ3v) is 2.89. The van der Waals surface area contributed by atoms with Crippen molar-refractivity contribution in [2.75, 3.05) is 0 Å². The molecule has 0 aliphatic rings. The van der Waals surface area contributed by atoms with Crippen LogP contribution in [0.15, 0.2) is 28.7 Å². The first-order valence-electron chi connectivity index (χ1n) is 4.81. The fourth-order valence-corrected chi connectivity index (χ4v) is 1.68. The summed E-state index contributed by atoms with van der Waals surface area (Å²) in [4.78, 5) is 11.7. The number of halogens is 1. The highest BCUT2D eigenvalue weighted by Crippen LogP contribution is 2.21. The normalized spacial score (nSPS) is 12.9. The lowest BCUT2D eigenvalue weighted by molar-refractivity contribution is -0.123. The number of hydrogen-bond acceptors (Lipinski definition) is 1. The Balaban J connectivity index is 2.84. The van der Waals surface area contributed by atoms with Crippen LogP contribution in [0.1, 0.15) is 32.3 Å². The zero-order valence-electron chi connectivity index (χ0n) is 8.75. The smallest absolute Gasteiger partial charge is 0.142 e. The monoisotopic (exact) mass is 254 g/mol. The van der Waals surface area contributed by atoms with Gasteiger partial charge in [0, 0.05) is 16.3 Å². The summed E-state index contributed by atoms with van der Waals surface area (Å²) in [6.07, 6.45) is 0. The molecule has 0 saturated carbocycles. The summed E-state index contributed by atoms with van der Waals surface area (Å²) in [5, 5.41) is 0. The van der Waals surface area contributed by atoms with Crippen LogP contribution < -0.4 is 0 Å². The Morgan fingerprint density at radius 2 is 1.64 bits per heavy atom. The van der Waals surface area contributed by atoms with Gasteiger partial charge in [-0.25, -0.2) is 0 Å². The van der Waals surface area contributed by atoms with E-state index >= 15 is 0 Å². The number of Topliss-reactive ketones (excluding diaryl/α,β-unsaturated/α-hetero) is 1. The van der Waals surface area contributed by atoms with E-state index in [1.807, 2.05) is 45.0 Å². The molecule has 0 aliphatic carbocycles. The summed E-state index contributed by atoms with van der Waals surface area (Å²) in [6, 6.07) is 7.93. The van der Waals surface area contributed by atoms with Crippen molar-refractivity contribution in [3.63, 3.8) is 0 Å². The lowest BCUT2D eigenvalue weighted by Crippen LogP contribution is -2.15. The molecule has 0 fully saturated rings. The fraction of sp³-hybridized carbons (Fsp3) is 0.417. The maximum absolute atomic E-state index is 11.7. The molecule has 0 aliphatic heterocycles. The van der Waals surface area contributed by atoms with Gasteiger partial charge in [0.05, 0.1) is 0 Å². The van der Waals surface area contributed by atoms with Gasteiger partial charge in [0.15, 0.2) is 0 Å². The SMILES string of the molecule is CC(C)C(=O)C(C)c1ccc(Br)cc1. The standard InChI is InChI=1S/C12H15BrO/c1-8(2)12(14)9(3)10-4-6-11(13)7-5-10/h4-9H,1-3H3. The lowest BCUT2D eigenvalue weighted by atomic mass is 9.91. The van der Waals surface area contributed by atoms with Crippen LogP contribution in [0.4, 0.5) is 0 Å². The first-order valence-corrected chi connectivity index (χ1v) is 5.61. The van der Waals surface area contributed by atoms with Gasteiger partial charge in [-0.15, -0.1) is 0 Å². The zero-order valence-corrected chi connectivity index (χ0v) is 10.3. The molecule has 0 saturated heterocycles. The molecule has 0 bridgehead atoms. The van der Waals surface area contributed by atoms with Crippen LogP contribution in [0, 0.1) is 5.92 Å². The molecule has 0 radical (unpaired) electrons. The summed E-state index contributed by atoms with van der Waals surface area (Å²) >= 11 is 3.38. The van der Waals surface area contributed by atoms with E-state index < -0.39 is 0 Å². The highest BCUT2D eigenvalue weighted by atomic mass is 79.9. The van der Waals surface area contributed by atoms with E-state index in [9.17, 15) is 4.79 Å². The minimum atomic E-state index is 0.00287. The van der Waals surface area contributed by atoms with E-state index in [0.717, 1.165) is 10.0 Å². The van der Waals surface area contributed by atoms with Crippen LogP contribution in [-0.2, 0) is 4.79 Å². The molecule has 0 spiro atoms. The predicted octanol–water partition coefficient (Wildman–Crippen LogP) is 3.78. The van der Waals surface area contributed by atoms with Crippen LogP contribution in [-0.4, -0.2) is 5.78 Å². The molecule has 14 heavy (non-hydrogen) atoms. The Bertz CT molecular complexity index is 314. The number of hydrogen-bond donors (Lipinski definition) is 0. The van der Waals surface area contributed by atoms with Crippen molar-refractivity contribution in [1.29, 1.82) is 0 Å². The molecule has 0 amide bonds. The van der Waals surface area contributed by atoms with Crippen molar-refractivity contribution in [3.8, 4) is 0 Å². The van der Waals surface area contributed by atoms with Crippen molar-refractivity contribution in [2.24, 2.45) is 5.92 Å². The van der Waals surface area contributed by atoms with Gasteiger partial charge in [0.2, 0.25) is 0 Å². The van der Waals surface area contributed by atoms with Crippen LogP contribution >= 0.6 is 15.9 Å². The van der Waals surface area contributed by atoms with Gasteiger partial charge in [-0.2, -0.15) is 0 Å². The Labute approximate surface area is 93.7 Å². The van der Waals surface area contributed by atoms with Crippen molar-refractivity contribution in [1.82, 2.24) is 0 Å². The minimum absolute atomic E-state index is 0.00287. The Hall–Kier alpha value is -0.630. The second kappa shape index (κ2) is 4.74. The molecule has 1 rings (SSSR count). The summed E-state index contributed by atoms with van der Waals surface area (Å²) in [5.41, 5.74) is 1.09. The summed E-state index contributed by atoms with van der Waals surface area (Å²) in [5.74, 6) is 0.407. The Morgan fingerprint density at radius 3 is 2.07 bits per heavy atom. The van der Waals surface area contributed by atoms with Gasteiger partial charge < -0.3 is 0 Å². The molecule has 1 atom stereocenters. The third-order valence-electron chi connectivity index (χ3n) is 2.37. The molecule has 1 aromatic rings. The van der Waals surface area contributed by atoms with Crippen LogP contribution in [0.2, 0.25) is 0 Å². The first kappa shape index (κ1) is 11.4. The van der Waals surface area contributed by atoms with Crippen LogP contribution in [0.3, 0.4) is 0 Å². The van der Waals surface area contributed by atoms with Gasteiger partial charge in [-0.05, 0) is 17.7 Å². The van der Waals surface area contributed by atoms with Gasteiger partial charge in [0.25, 0.3) is 0 Å². The fourth-order valence-electron chi connectivity index (χ4n) is 1.42. The Morgan fingerprint density at radius 1 is 1.14 bits per heavy atom. The van der Waals surface area contributed by atoms with Gasteiger partial charge in [0.1, 0.15) is 5.78 Å². The molecule has 1 nitrogen and oxygen atoms in total. The quantitative estimate of drug-likeness (QED) is 0.803. The number of benzene rings is 1. The number of carbonyl (C=O) groups is 1. The largest absolute Gasteiger partial charge is 0.299 e. The van der Waals surface area contributed by atoms with Crippen LogP contribution in [0.25, 0.3) is 0 Å². The molecule has 0 aromatic heterocycles. The van der Waals surface area contributed by atoms with Gasteiger partial charge in [-0.3, -0.25) is 4.79 Å². The van der Waals surface area contributed by atoms with Crippen molar-refractivity contribution >= 4 is 21.7 Å². The second-order valence-corrected chi connectivity index (χ2v) is 4.75. The summed E-state index contributed by atoms with van der Waals surface area (Å²) in [7, 11) is 0. The van der Waals surface area contributed by atoms with Crippen LogP contribution in [0.5, 0.6) is 0 Å². The topological polar surface area (TPSA) is 17.1 Å². The minimum Gasteiger partial charge on any atom is -0.299 e. The van der Waals surface area contributed by atoms with Gasteiger partial charge >= 0.3 is 0 Å². The lowest BCUT2D eigenvalue weighted by Gasteiger charge is -2.13. The highest BCUT2D eigenvalue weighted by Gasteiger charge is 2.17. The van der Waals surface area contributed by atoms with E-state index in [1.54, 1.807) is 0 Å². The van der Waals surface area contributed by atoms with E-state index in [-0.39, 0.29) is 11.8 Å². The maximum atomic E-state index is 11.7. The third kappa shape index (κ3) is 2.68. The summed E-state index contributed by atoms with van der Waals surface area (Å²) < 4.78 is 1.05. The predicted molar refractivity (Wildman–Crippen MR) is 62.4 cm³/mol. The van der Waals surface area contributed by atoms with Crippen molar-refractivity contribution in [2.45, 2.75) is 26.7 Å². The van der Waals surface area contributed by atoms with Crippen molar-refractivity contribution in [3.05, 3.63) is 34.3 Å². The van der Waals surface area contributed by atoms with Crippen molar-refractivity contribution < 1.29 is 4.79 Å². The number of rotatable bonds is 3. The molecule has 76 valence electrons.